The van der Waals surface area contributed by atoms with E-state index in [0.717, 1.165) is 64.5 Å². The normalized spacial score (nSPS) is 12.7. The largest absolute Gasteiger partial charge is 0.400 e. The van der Waals surface area contributed by atoms with Crippen molar-refractivity contribution < 1.29 is 29.7 Å². The average Bonchev–Trinajstić information content (AvgIpc) is 2.89. The van der Waals surface area contributed by atoms with E-state index in [1.54, 1.807) is 0 Å². The fourth-order valence-electron chi connectivity index (χ4n) is 3.21. The molecule has 0 spiro atoms. The van der Waals surface area contributed by atoms with E-state index in [-0.39, 0.29) is 24.5 Å². The number of amides is 3. The summed E-state index contributed by atoms with van der Waals surface area (Å²) in [4.78, 5) is 33.7. The zero-order valence-corrected chi connectivity index (χ0v) is 24.4. The monoisotopic (exact) mass is 534 g/mol. The van der Waals surface area contributed by atoms with Gasteiger partial charge in [0.05, 0.1) is 18.8 Å². The molecule has 0 saturated carbocycles. The third kappa shape index (κ3) is 30.4. The van der Waals surface area contributed by atoms with E-state index in [0.29, 0.717) is 38.4 Å². The molecule has 0 rings (SSSR count). The second-order valence-corrected chi connectivity index (χ2v) is 9.50. The summed E-state index contributed by atoms with van der Waals surface area (Å²) in [6.07, 6.45) is 8.79. The third-order valence-corrected chi connectivity index (χ3v) is 5.58. The molecule has 0 fully saturated rings. The lowest BCUT2D eigenvalue weighted by Crippen LogP contribution is -2.48. The van der Waals surface area contributed by atoms with Gasteiger partial charge in [-0.15, -0.1) is 0 Å². The van der Waals surface area contributed by atoms with Crippen LogP contribution in [-0.2, 0) is 14.4 Å². The highest BCUT2D eigenvalue weighted by atomic mass is 16.3. The van der Waals surface area contributed by atoms with Crippen LogP contribution in [0.5, 0.6) is 0 Å². The van der Waals surface area contributed by atoms with Crippen LogP contribution in [0.1, 0.15) is 98.8 Å². The lowest BCUT2D eigenvalue weighted by Gasteiger charge is -2.21. The highest BCUT2D eigenvalue weighted by Crippen LogP contribution is 2.05. The molecule has 0 bridgehead atoms. The van der Waals surface area contributed by atoms with Crippen LogP contribution in [-0.4, -0.2) is 85.1 Å². The molecule has 3 atom stereocenters. The Morgan fingerprint density at radius 1 is 0.865 bits per heavy atom. The number of unbranched alkanes of at least 4 members (excludes halogenated alkanes) is 2. The lowest BCUT2D eigenvalue weighted by atomic mass is 10.1. The molecule has 10 heteroatoms. The minimum absolute atomic E-state index is 0.00174. The van der Waals surface area contributed by atoms with Crippen LogP contribution in [0.15, 0.2) is 0 Å². The molecule has 0 heterocycles. The molecular formula is C27H58N4O6. The second-order valence-electron chi connectivity index (χ2n) is 9.50. The minimum atomic E-state index is -0.605. The molecule has 0 aliphatic heterocycles. The molecule has 0 aliphatic carbocycles. The average molecular weight is 535 g/mol. The molecule has 0 aromatic rings. The van der Waals surface area contributed by atoms with E-state index in [1.807, 2.05) is 0 Å². The maximum atomic E-state index is 12.2. The minimum Gasteiger partial charge on any atom is -0.400 e. The summed E-state index contributed by atoms with van der Waals surface area (Å²) < 4.78 is 0. The highest BCUT2D eigenvalue weighted by Gasteiger charge is 2.18. The summed E-state index contributed by atoms with van der Waals surface area (Å²) >= 11 is 0. The fraction of sp³-hybridized carbons (Fsp3) is 0.889. The van der Waals surface area contributed by atoms with Gasteiger partial charge in [0.25, 0.3) is 0 Å². The van der Waals surface area contributed by atoms with Crippen LogP contribution in [0.4, 0.5) is 0 Å². The summed E-state index contributed by atoms with van der Waals surface area (Å²) in [6.45, 7) is 12.3. The van der Waals surface area contributed by atoms with E-state index in [2.05, 4.69) is 55.9 Å². The van der Waals surface area contributed by atoms with Gasteiger partial charge in [-0.05, 0) is 51.4 Å². The smallest absolute Gasteiger partial charge is 0.237 e. The first-order valence-electron chi connectivity index (χ1n) is 13.9. The van der Waals surface area contributed by atoms with Crippen molar-refractivity contribution in [1.82, 2.24) is 21.3 Å². The SMILES string of the molecule is CCCC(NC(C)CC)C(=O)NCCC(=O)NCCCCC(C)C.CO.O=CNCCCCC(O)CO. The first-order valence-corrected chi connectivity index (χ1v) is 13.9. The van der Waals surface area contributed by atoms with Gasteiger partial charge in [-0.2, -0.15) is 0 Å². The molecule has 222 valence electrons. The maximum Gasteiger partial charge on any atom is 0.237 e. The van der Waals surface area contributed by atoms with Crippen LogP contribution < -0.4 is 21.3 Å². The van der Waals surface area contributed by atoms with Crippen molar-refractivity contribution in [2.45, 2.75) is 117 Å². The van der Waals surface area contributed by atoms with E-state index >= 15 is 0 Å². The fourth-order valence-corrected chi connectivity index (χ4v) is 3.21. The summed E-state index contributed by atoms with van der Waals surface area (Å²) in [5.41, 5.74) is 0. The van der Waals surface area contributed by atoms with E-state index in [1.165, 1.54) is 6.42 Å². The quantitative estimate of drug-likeness (QED) is 0.0874. The Labute approximate surface area is 225 Å². The van der Waals surface area contributed by atoms with Gasteiger partial charge in [-0.25, -0.2) is 0 Å². The van der Waals surface area contributed by atoms with Crippen LogP contribution in [0.2, 0.25) is 0 Å². The Morgan fingerprint density at radius 2 is 1.49 bits per heavy atom. The summed E-state index contributed by atoms with van der Waals surface area (Å²) in [5.74, 6) is 0.736. The van der Waals surface area contributed by atoms with Crippen molar-refractivity contribution in [3.05, 3.63) is 0 Å². The highest BCUT2D eigenvalue weighted by molar-refractivity contribution is 5.82. The van der Waals surface area contributed by atoms with Crippen molar-refractivity contribution in [2.24, 2.45) is 5.92 Å². The molecule has 10 nitrogen and oxygen atoms in total. The predicted octanol–water partition coefficient (Wildman–Crippen LogP) is 1.86. The Bertz CT molecular complexity index is 523. The molecule has 7 N–H and O–H groups in total. The Morgan fingerprint density at radius 3 is 2.03 bits per heavy atom. The Balaban J connectivity index is -0.000000742. The van der Waals surface area contributed by atoms with Gasteiger partial charge in [0.2, 0.25) is 18.2 Å². The molecule has 0 radical (unpaired) electrons. The zero-order valence-electron chi connectivity index (χ0n) is 24.4. The lowest BCUT2D eigenvalue weighted by molar-refractivity contribution is -0.124. The number of aliphatic hydroxyl groups is 3. The predicted molar refractivity (Wildman–Crippen MR) is 150 cm³/mol. The number of carbonyl (C=O) groups is 3. The summed E-state index contributed by atoms with van der Waals surface area (Å²) in [7, 11) is 1.00. The van der Waals surface area contributed by atoms with Crippen LogP contribution in [0.25, 0.3) is 0 Å². The van der Waals surface area contributed by atoms with Crippen LogP contribution in [0, 0.1) is 5.92 Å². The van der Waals surface area contributed by atoms with Gasteiger partial charge >= 0.3 is 0 Å². The van der Waals surface area contributed by atoms with Gasteiger partial charge in [0, 0.05) is 39.2 Å². The molecular weight excluding hydrogens is 476 g/mol. The second kappa shape index (κ2) is 30.5. The Hall–Kier alpha value is -1.75. The van der Waals surface area contributed by atoms with E-state index in [9.17, 15) is 14.4 Å². The molecule has 3 unspecified atom stereocenters. The topological polar surface area (TPSA) is 160 Å². The van der Waals surface area contributed by atoms with Crippen molar-refractivity contribution in [3.8, 4) is 0 Å². The van der Waals surface area contributed by atoms with Crippen molar-refractivity contribution in [1.29, 1.82) is 0 Å². The number of hydrogen-bond donors (Lipinski definition) is 7. The molecule has 37 heavy (non-hydrogen) atoms. The summed E-state index contributed by atoms with van der Waals surface area (Å²) in [5, 5.41) is 36.0. The van der Waals surface area contributed by atoms with Gasteiger partial charge in [-0.1, -0.05) is 47.0 Å². The van der Waals surface area contributed by atoms with Crippen LogP contribution in [0.3, 0.4) is 0 Å². The number of hydrogen-bond acceptors (Lipinski definition) is 7. The van der Waals surface area contributed by atoms with Crippen molar-refractivity contribution in [2.75, 3.05) is 33.4 Å². The van der Waals surface area contributed by atoms with Gasteiger partial charge in [-0.3, -0.25) is 14.4 Å². The molecule has 0 aromatic heterocycles. The maximum absolute atomic E-state index is 12.2. The molecule has 3 amide bonds. The zero-order chi connectivity index (χ0) is 28.9. The number of aliphatic hydroxyl groups excluding tert-OH is 3. The molecule has 0 aliphatic rings. The standard InChI is InChI=1S/C19H39N3O2.C7H15NO3.CH4O/c1-6-10-17(22-16(5)7-2)19(24)21-14-12-18(23)20-13-9-8-11-15(3)4;9-5-7(11)3-1-2-4-8-6-10;1-2/h15-17,22H,6-14H2,1-5H3,(H,20,23)(H,21,24);6-7,9,11H,1-5H2,(H,8,10);2H,1H3. The third-order valence-electron chi connectivity index (χ3n) is 5.58. The molecule has 0 saturated heterocycles. The van der Waals surface area contributed by atoms with Gasteiger partial charge in [0.15, 0.2) is 0 Å². The summed E-state index contributed by atoms with van der Waals surface area (Å²) in [6, 6.07) is 0.158. The number of carbonyl (C=O) groups excluding carboxylic acids is 3. The first-order chi connectivity index (χ1) is 17.7. The Kier molecular flexibility index (Phi) is 32.7. The van der Waals surface area contributed by atoms with E-state index in [4.69, 9.17) is 15.3 Å². The van der Waals surface area contributed by atoms with Crippen molar-refractivity contribution >= 4 is 18.2 Å². The van der Waals surface area contributed by atoms with Gasteiger partial charge in [0.1, 0.15) is 0 Å². The van der Waals surface area contributed by atoms with E-state index < -0.39 is 6.10 Å². The number of rotatable bonds is 21. The first kappa shape index (κ1) is 39.8. The van der Waals surface area contributed by atoms with Crippen molar-refractivity contribution in [3.63, 3.8) is 0 Å². The molecule has 0 aromatic carbocycles. The van der Waals surface area contributed by atoms with Crippen LogP contribution >= 0.6 is 0 Å². The van der Waals surface area contributed by atoms with Gasteiger partial charge < -0.3 is 36.6 Å². The number of nitrogens with one attached hydrogen (secondary N) is 4.